The molecular weight excluding hydrogens is 352 g/mol. The van der Waals surface area contributed by atoms with Crippen molar-refractivity contribution in [1.82, 2.24) is 9.55 Å². The maximum Gasteiger partial charge on any atom is 0.127 e. The van der Waals surface area contributed by atoms with Gasteiger partial charge >= 0.3 is 0 Å². The Morgan fingerprint density at radius 2 is 2.19 bits per heavy atom. The molecule has 1 heterocycles. The van der Waals surface area contributed by atoms with Gasteiger partial charge in [0.15, 0.2) is 0 Å². The maximum absolute atomic E-state index is 6.38. The molecular formula is C16H20BrClN2O. The number of methoxy groups -OCH3 is 1. The zero-order chi connectivity index (χ0) is 15.4. The molecule has 1 aliphatic rings. The summed E-state index contributed by atoms with van der Waals surface area (Å²) >= 11 is 9.89. The third-order valence-corrected chi connectivity index (χ3v) is 5.45. The van der Waals surface area contributed by atoms with Gasteiger partial charge in [0.2, 0.25) is 0 Å². The molecule has 2 aromatic rings. The molecule has 21 heavy (non-hydrogen) atoms. The maximum atomic E-state index is 6.38. The van der Waals surface area contributed by atoms with Crippen LogP contribution in [0.3, 0.4) is 0 Å². The van der Waals surface area contributed by atoms with Crippen LogP contribution >= 0.6 is 27.5 Å². The zero-order valence-electron chi connectivity index (χ0n) is 12.7. The highest BCUT2D eigenvalue weighted by atomic mass is 79.9. The summed E-state index contributed by atoms with van der Waals surface area (Å²) in [4.78, 5) is 4.75. The van der Waals surface area contributed by atoms with Gasteiger partial charge in [-0.25, -0.2) is 4.98 Å². The van der Waals surface area contributed by atoms with Gasteiger partial charge in [0.25, 0.3) is 0 Å². The van der Waals surface area contributed by atoms with Crippen LogP contribution in [0.1, 0.15) is 44.4 Å². The summed E-state index contributed by atoms with van der Waals surface area (Å²) in [5.74, 6) is 0.942. The smallest absolute Gasteiger partial charge is 0.127 e. The van der Waals surface area contributed by atoms with Crippen molar-refractivity contribution in [3.8, 4) is 0 Å². The van der Waals surface area contributed by atoms with Crippen LogP contribution in [0, 0.1) is 5.41 Å². The van der Waals surface area contributed by atoms with Gasteiger partial charge in [-0.15, -0.1) is 11.6 Å². The summed E-state index contributed by atoms with van der Waals surface area (Å²) in [6.45, 7) is 6.49. The van der Waals surface area contributed by atoms with Gasteiger partial charge in [-0.2, -0.15) is 0 Å². The van der Waals surface area contributed by atoms with Gasteiger partial charge in [-0.1, -0.05) is 29.8 Å². The van der Waals surface area contributed by atoms with Crippen LogP contribution in [0.25, 0.3) is 11.0 Å². The van der Waals surface area contributed by atoms with E-state index >= 15 is 0 Å². The second kappa shape index (κ2) is 5.25. The van der Waals surface area contributed by atoms with Crippen molar-refractivity contribution >= 4 is 38.6 Å². The first-order chi connectivity index (χ1) is 9.86. The molecule has 3 unspecified atom stereocenters. The van der Waals surface area contributed by atoms with Crippen molar-refractivity contribution in [2.24, 2.45) is 5.41 Å². The van der Waals surface area contributed by atoms with E-state index in [1.807, 2.05) is 13.0 Å². The first kappa shape index (κ1) is 15.3. The van der Waals surface area contributed by atoms with Crippen LogP contribution in [-0.2, 0) is 4.74 Å². The highest BCUT2D eigenvalue weighted by molar-refractivity contribution is 9.10. The number of ether oxygens (including phenoxy) is 1. The van der Waals surface area contributed by atoms with Crippen molar-refractivity contribution in [3.63, 3.8) is 0 Å². The molecule has 1 fully saturated rings. The van der Waals surface area contributed by atoms with Gasteiger partial charge in [0.1, 0.15) is 5.82 Å². The molecule has 114 valence electrons. The van der Waals surface area contributed by atoms with Crippen molar-refractivity contribution in [3.05, 3.63) is 28.5 Å². The Balaban J connectivity index is 2.15. The number of fused-ring (bicyclic) bond motifs is 1. The van der Waals surface area contributed by atoms with E-state index < -0.39 is 0 Å². The van der Waals surface area contributed by atoms with Crippen molar-refractivity contribution in [2.75, 3.05) is 7.11 Å². The number of halogens is 2. The SMILES string of the molecule is COC1CC(n2c(C(C)Cl)nc3cc(Br)ccc32)C1(C)C. The molecule has 0 spiro atoms. The standard InChI is InChI=1S/C16H20BrClN2O/c1-9(18)15-19-11-7-10(17)5-6-12(11)20(15)13-8-14(21-4)16(13,2)3/h5-7,9,13-14H,8H2,1-4H3. The highest BCUT2D eigenvalue weighted by Gasteiger charge is 2.50. The number of hydrogen-bond acceptors (Lipinski definition) is 2. The first-order valence-electron chi connectivity index (χ1n) is 7.20. The Morgan fingerprint density at radius 3 is 2.76 bits per heavy atom. The number of rotatable bonds is 3. The largest absolute Gasteiger partial charge is 0.381 e. The molecule has 3 rings (SSSR count). The lowest BCUT2D eigenvalue weighted by atomic mass is 9.64. The van der Waals surface area contributed by atoms with Crippen LogP contribution in [0.5, 0.6) is 0 Å². The fraction of sp³-hybridized carbons (Fsp3) is 0.562. The number of hydrogen-bond donors (Lipinski definition) is 0. The Labute approximate surface area is 138 Å². The lowest BCUT2D eigenvalue weighted by Gasteiger charge is -2.52. The molecule has 1 saturated carbocycles. The molecule has 1 aliphatic carbocycles. The fourth-order valence-electron chi connectivity index (χ4n) is 3.40. The van der Waals surface area contributed by atoms with Crippen LogP contribution in [0.2, 0.25) is 0 Å². The van der Waals surface area contributed by atoms with Gasteiger partial charge in [0, 0.05) is 23.0 Å². The quantitative estimate of drug-likeness (QED) is 0.703. The van der Waals surface area contributed by atoms with Gasteiger partial charge < -0.3 is 9.30 Å². The molecule has 3 nitrogen and oxygen atoms in total. The Hall–Kier alpha value is -0.580. The van der Waals surface area contributed by atoms with Crippen LogP contribution in [0.4, 0.5) is 0 Å². The first-order valence-corrected chi connectivity index (χ1v) is 8.43. The van der Waals surface area contributed by atoms with E-state index in [1.54, 1.807) is 7.11 Å². The molecule has 0 bridgehead atoms. The number of aromatic nitrogens is 2. The Bertz CT molecular complexity index is 680. The van der Waals surface area contributed by atoms with Gasteiger partial charge in [-0.3, -0.25) is 0 Å². The third kappa shape index (κ3) is 2.32. The Kier molecular flexibility index (Phi) is 3.83. The molecule has 0 amide bonds. The Morgan fingerprint density at radius 1 is 1.48 bits per heavy atom. The lowest BCUT2D eigenvalue weighted by molar-refractivity contribution is -0.112. The summed E-state index contributed by atoms with van der Waals surface area (Å²) in [7, 11) is 1.79. The van der Waals surface area contributed by atoms with Gasteiger partial charge in [0.05, 0.1) is 22.5 Å². The number of imidazole rings is 1. The van der Waals surface area contributed by atoms with E-state index in [1.165, 1.54) is 0 Å². The molecule has 3 atom stereocenters. The zero-order valence-corrected chi connectivity index (χ0v) is 15.1. The number of alkyl halides is 1. The van der Waals surface area contributed by atoms with E-state index in [0.29, 0.717) is 6.04 Å². The molecule has 0 saturated heterocycles. The molecule has 0 radical (unpaired) electrons. The molecule has 0 N–H and O–H groups in total. The van der Waals surface area contributed by atoms with Crippen molar-refractivity contribution in [2.45, 2.75) is 44.7 Å². The molecule has 1 aromatic heterocycles. The number of nitrogens with zero attached hydrogens (tertiary/aromatic N) is 2. The van der Waals surface area contributed by atoms with Crippen LogP contribution < -0.4 is 0 Å². The monoisotopic (exact) mass is 370 g/mol. The molecule has 5 heteroatoms. The minimum Gasteiger partial charge on any atom is -0.381 e. The minimum atomic E-state index is -0.117. The average Bonchev–Trinajstić information content (AvgIpc) is 2.76. The fourth-order valence-corrected chi connectivity index (χ4v) is 3.90. The normalized spacial score (nSPS) is 25.8. The topological polar surface area (TPSA) is 27.1 Å². The third-order valence-electron chi connectivity index (χ3n) is 4.76. The summed E-state index contributed by atoms with van der Waals surface area (Å²) in [5, 5.41) is -0.117. The molecule has 1 aromatic carbocycles. The average molecular weight is 372 g/mol. The van der Waals surface area contributed by atoms with E-state index in [-0.39, 0.29) is 16.9 Å². The second-order valence-electron chi connectivity index (χ2n) is 6.39. The molecule has 0 aliphatic heterocycles. The lowest BCUT2D eigenvalue weighted by Crippen LogP contribution is -2.51. The van der Waals surface area contributed by atoms with Crippen molar-refractivity contribution in [1.29, 1.82) is 0 Å². The van der Waals surface area contributed by atoms with E-state index in [9.17, 15) is 0 Å². The summed E-state index contributed by atoms with van der Waals surface area (Å²) in [6.07, 6.45) is 1.29. The van der Waals surface area contributed by atoms with E-state index in [4.69, 9.17) is 21.3 Å². The predicted octanol–water partition coefficient (Wildman–Crippen LogP) is 5.08. The van der Waals surface area contributed by atoms with Crippen LogP contribution in [-0.4, -0.2) is 22.8 Å². The predicted molar refractivity (Wildman–Crippen MR) is 89.9 cm³/mol. The van der Waals surface area contributed by atoms with Gasteiger partial charge in [-0.05, 0) is 31.5 Å². The summed E-state index contributed by atoms with van der Waals surface area (Å²) in [5.41, 5.74) is 2.22. The minimum absolute atomic E-state index is 0.0793. The highest BCUT2D eigenvalue weighted by Crippen LogP contribution is 2.53. The van der Waals surface area contributed by atoms with Crippen LogP contribution in [0.15, 0.2) is 22.7 Å². The summed E-state index contributed by atoms with van der Waals surface area (Å²) < 4.78 is 8.94. The summed E-state index contributed by atoms with van der Waals surface area (Å²) in [6, 6.07) is 6.59. The van der Waals surface area contributed by atoms with E-state index in [2.05, 4.69) is 46.5 Å². The number of benzene rings is 1. The second-order valence-corrected chi connectivity index (χ2v) is 7.96. The van der Waals surface area contributed by atoms with E-state index in [0.717, 1.165) is 27.8 Å². The van der Waals surface area contributed by atoms with Crippen molar-refractivity contribution < 1.29 is 4.74 Å².